The lowest BCUT2D eigenvalue weighted by Crippen LogP contribution is -2.38. The normalized spacial score (nSPS) is 22.9. The number of fused-ring (bicyclic) bond motifs is 6. The predicted octanol–water partition coefficient (Wildman–Crippen LogP) is 5.95. The quantitative estimate of drug-likeness (QED) is 0.0798. The van der Waals surface area contributed by atoms with Crippen LogP contribution >= 0.6 is 22.6 Å². The molecule has 22 heteroatoms. The van der Waals surface area contributed by atoms with Crippen molar-refractivity contribution in [2.75, 3.05) is 17.7 Å². The second kappa shape index (κ2) is 18.2. The highest BCUT2D eigenvalue weighted by Gasteiger charge is 2.39. The first-order chi connectivity index (χ1) is 31.4. The number of sulfone groups is 1. The molecule has 4 aliphatic heterocycles. The molecule has 6 aromatic heterocycles. The van der Waals surface area contributed by atoms with E-state index in [0.717, 1.165) is 70.1 Å². The maximum Gasteiger partial charge on any atom is 0.446 e. The summed E-state index contributed by atoms with van der Waals surface area (Å²) in [6.45, 7) is 6.81. The van der Waals surface area contributed by atoms with Crippen molar-refractivity contribution >= 4 is 61.6 Å². The molecule has 10 heterocycles. The van der Waals surface area contributed by atoms with Gasteiger partial charge in [0.1, 0.15) is 27.7 Å². The molecule has 4 fully saturated rings. The maximum absolute atomic E-state index is 12.7. The van der Waals surface area contributed by atoms with Crippen molar-refractivity contribution in [3.63, 3.8) is 0 Å². The summed E-state index contributed by atoms with van der Waals surface area (Å²) in [4.78, 5) is 27.5. The first kappa shape index (κ1) is 48.6. The molecule has 4 aliphatic rings. The molecule has 0 spiro atoms. The fraction of sp³-hybridized carbons (Fsp3) is 0.489. The smallest absolute Gasteiger partial charge is 0.384 e. The van der Waals surface area contributed by atoms with Crippen molar-refractivity contribution in [2.24, 2.45) is 0 Å². The van der Waals surface area contributed by atoms with E-state index in [1.165, 1.54) is 23.6 Å². The number of rotatable bonds is 7. The average molecular weight is 1060 g/mol. The predicted molar refractivity (Wildman–Crippen MR) is 254 cm³/mol. The third-order valence-electron chi connectivity index (χ3n) is 12.9. The number of nitrogen functional groups attached to an aromatic ring is 2. The highest BCUT2D eigenvalue weighted by Crippen LogP contribution is 2.42. The van der Waals surface area contributed by atoms with Crippen LogP contribution in [0.25, 0.3) is 33.5 Å². The van der Waals surface area contributed by atoms with E-state index in [1.807, 2.05) is 18.2 Å². The highest BCUT2D eigenvalue weighted by atomic mass is 127. The van der Waals surface area contributed by atoms with E-state index in [1.54, 1.807) is 63.1 Å². The molecule has 0 aliphatic carbocycles. The van der Waals surface area contributed by atoms with Crippen molar-refractivity contribution in [1.29, 1.82) is 0 Å². The van der Waals surface area contributed by atoms with E-state index in [9.17, 15) is 31.8 Å². The first-order valence-corrected chi connectivity index (χ1v) is 25.0. The fourth-order valence-corrected chi connectivity index (χ4v) is 11.6. The summed E-state index contributed by atoms with van der Waals surface area (Å²) in [6, 6.07) is 9.37. The summed E-state index contributed by atoms with van der Waals surface area (Å²) in [5, 5.41) is 36.5. The van der Waals surface area contributed by atoms with Crippen LogP contribution in [-0.2, 0) is 25.8 Å². The number of aromatic nitrogens is 8. The van der Waals surface area contributed by atoms with Gasteiger partial charge in [-0.3, -0.25) is 14.8 Å². The number of halogens is 4. The zero-order valence-electron chi connectivity index (χ0n) is 37.6. The van der Waals surface area contributed by atoms with Crippen LogP contribution in [0.2, 0.25) is 0 Å². The Bertz CT molecular complexity index is 2890. The zero-order valence-corrected chi connectivity index (χ0v) is 40.6. The van der Waals surface area contributed by atoms with Crippen molar-refractivity contribution in [1.82, 2.24) is 49.8 Å². The lowest BCUT2D eigenvalue weighted by Gasteiger charge is -2.30. The summed E-state index contributed by atoms with van der Waals surface area (Å²) >= 11 is 2.32. The van der Waals surface area contributed by atoms with E-state index in [0.29, 0.717) is 64.2 Å². The number of aldehydes is 1. The van der Waals surface area contributed by atoms with Crippen LogP contribution in [-0.4, -0.2) is 101 Å². The molecule has 2 unspecified atom stereocenters. The molecule has 6 atom stereocenters. The third-order valence-corrected chi connectivity index (χ3v) is 15.2. The molecule has 4 saturated heterocycles. The minimum absolute atomic E-state index is 0.0178. The number of nitrogens with one attached hydrogen (secondary N) is 2. The Morgan fingerprint density at radius 3 is 1.45 bits per heavy atom. The van der Waals surface area contributed by atoms with Gasteiger partial charge in [-0.1, -0.05) is 12.1 Å². The van der Waals surface area contributed by atoms with Crippen LogP contribution in [0.5, 0.6) is 0 Å². The minimum Gasteiger partial charge on any atom is -0.384 e. The summed E-state index contributed by atoms with van der Waals surface area (Å²) in [7, 11) is -3.61. The summed E-state index contributed by atoms with van der Waals surface area (Å²) < 4.78 is 60.9. The molecular formula is C45H54F3IN12O5S. The van der Waals surface area contributed by atoms with Crippen LogP contribution in [0.15, 0.2) is 53.9 Å². The van der Waals surface area contributed by atoms with E-state index in [4.69, 9.17) is 26.2 Å². The van der Waals surface area contributed by atoms with Crippen LogP contribution in [0, 0.1) is 3.57 Å². The van der Waals surface area contributed by atoms with Gasteiger partial charge in [-0.15, -0.1) is 0 Å². The van der Waals surface area contributed by atoms with E-state index >= 15 is 0 Å². The second-order valence-corrected chi connectivity index (χ2v) is 22.1. The number of hydrogen-bond acceptors (Lipinski definition) is 15. The van der Waals surface area contributed by atoms with Crippen LogP contribution in [0.4, 0.5) is 24.8 Å². The van der Waals surface area contributed by atoms with Gasteiger partial charge in [-0.25, -0.2) is 18.4 Å². The number of aliphatic hydroxyl groups is 2. The zero-order chi connectivity index (χ0) is 48.4. The van der Waals surface area contributed by atoms with Gasteiger partial charge in [0.25, 0.3) is 0 Å². The maximum atomic E-state index is 12.7. The molecule has 10 rings (SSSR count). The lowest BCUT2D eigenvalue weighted by atomic mass is 9.89. The number of pyridine rings is 2. The van der Waals surface area contributed by atoms with Gasteiger partial charge in [0.2, 0.25) is 6.29 Å². The van der Waals surface area contributed by atoms with E-state index in [2.05, 4.69) is 53.4 Å². The van der Waals surface area contributed by atoms with Gasteiger partial charge >= 0.3 is 6.18 Å². The number of carbonyl (C=O) groups is 1. The third kappa shape index (κ3) is 10.3. The van der Waals surface area contributed by atoms with Gasteiger partial charge in [-0.05, 0) is 114 Å². The fourth-order valence-electron chi connectivity index (χ4n) is 9.76. The highest BCUT2D eigenvalue weighted by molar-refractivity contribution is 14.1. The molecule has 0 saturated carbocycles. The molecule has 0 radical (unpaired) electrons. The number of nitrogens with zero attached hydrogens (tertiary/aromatic N) is 8. The number of hydrogen-bond donors (Lipinski definition) is 6. The van der Waals surface area contributed by atoms with Crippen LogP contribution < -0.4 is 22.1 Å². The van der Waals surface area contributed by atoms with Crippen molar-refractivity contribution in [3.8, 4) is 22.3 Å². The largest absolute Gasteiger partial charge is 0.446 e. The number of piperidine rings is 2. The van der Waals surface area contributed by atoms with E-state index in [-0.39, 0.29) is 16.6 Å². The van der Waals surface area contributed by atoms with Crippen molar-refractivity contribution in [3.05, 3.63) is 75.4 Å². The molecule has 0 aromatic carbocycles. The molecule has 358 valence electrons. The molecule has 67 heavy (non-hydrogen) atoms. The number of carbonyl (C=O) groups excluding carboxylic acids is 1. The first-order valence-electron chi connectivity index (χ1n) is 22.0. The lowest BCUT2D eigenvalue weighted by molar-refractivity contribution is -0.156. The van der Waals surface area contributed by atoms with Crippen LogP contribution in [0.3, 0.4) is 0 Å². The SMILES string of the molecule is CC(C)(O)c1ccc(-c2cnn3c(N)c(I)c(C4C[C@H]5CC[C@@H](C4)N5)nc23)cn1.CC(C)(O)c1ccc(-c2cnn3c(N)c(S(C)(=O)=O)c(C4C[C@H]5CC[C@@H](C4)N5)nc23)cn1.O=CC(F)(F)F. The van der Waals surface area contributed by atoms with Crippen molar-refractivity contribution < 1.29 is 36.6 Å². The molecule has 0 amide bonds. The van der Waals surface area contributed by atoms with E-state index < -0.39 is 33.5 Å². The standard InChI is InChI=1S/C22H28N6O3S.C21H25IN6O.C2HF3O/c1-22(2,29)17-7-4-12(10-24-17)16-11-25-28-20(23)19(32(3,30)31)18(27-21(16)28)13-8-14-5-6-15(9-13)26-14;1-21(2,29)16-6-3-11(9-24-16)15-10-25-28-19(23)17(22)18(27-20(15)28)12-7-13-4-5-14(8-12)26-13;3-2(4,5)1-6/h4,7,10-11,13-15,26,29H,5-6,8-9,23H2,1-3H3;3,6,9-10,12-14,26,29H,4-5,7-8,23H2,1-2H3;1H/t13?,14-,15+;12?,13-,14+;. The van der Waals surface area contributed by atoms with Gasteiger partial charge < -0.3 is 32.3 Å². The summed E-state index contributed by atoms with van der Waals surface area (Å²) in [5.74, 6) is 1.17. The Labute approximate surface area is 398 Å². The summed E-state index contributed by atoms with van der Waals surface area (Å²) in [5.41, 5.74) is 18.2. The van der Waals surface area contributed by atoms with Gasteiger partial charge in [0, 0.05) is 76.9 Å². The molecule has 8 N–H and O–H groups in total. The van der Waals surface area contributed by atoms with Gasteiger partial charge in [0.05, 0.1) is 38.7 Å². The van der Waals surface area contributed by atoms with Crippen LogP contribution in [0.1, 0.15) is 114 Å². The van der Waals surface area contributed by atoms with Gasteiger partial charge in [0.15, 0.2) is 21.1 Å². The van der Waals surface area contributed by atoms with Gasteiger partial charge in [-0.2, -0.15) is 32.4 Å². The second-order valence-electron chi connectivity index (χ2n) is 19.0. The number of anilines is 2. The Morgan fingerprint density at radius 1 is 0.701 bits per heavy atom. The Balaban J connectivity index is 0.000000163. The summed E-state index contributed by atoms with van der Waals surface area (Å²) in [6.07, 6.45) is 10.9. The van der Waals surface area contributed by atoms with Crippen molar-refractivity contribution in [2.45, 2.75) is 137 Å². The Kier molecular flexibility index (Phi) is 13.2. The number of alkyl halides is 3. The number of nitrogens with two attached hydrogens (primary N) is 2. The average Bonchev–Trinajstić information content (AvgIpc) is 4.06. The monoisotopic (exact) mass is 1060 g/mol. The Hall–Kier alpha value is -4.88. The molecule has 4 bridgehead atoms. The molecule has 17 nitrogen and oxygen atoms in total. The topological polar surface area (TPSA) is 254 Å². The molecule has 6 aromatic rings. The minimum atomic E-state index is -4.64. The molecular weight excluding hydrogens is 1000 g/mol. The Morgan fingerprint density at radius 2 is 1.09 bits per heavy atom.